The Hall–Kier alpha value is -0.930. The number of halogens is 2. The van der Waals surface area contributed by atoms with E-state index in [1.165, 1.54) is 0 Å². The summed E-state index contributed by atoms with van der Waals surface area (Å²) in [6, 6.07) is 5.41. The molecule has 0 aliphatic heterocycles. The Morgan fingerprint density at radius 3 is 2.42 bits per heavy atom. The van der Waals surface area contributed by atoms with Crippen LogP contribution in [0, 0.1) is 11.8 Å². The first-order valence-corrected chi connectivity index (χ1v) is 7.00. The van der Waals surface area contributed by atoms with Crippen LogP contribution in [0.3, 0.4) is 0 Å². The molecule has 1 aromatic rings. The zero-order chi connectivity index (χ0) is 14.6. The van der Waals surface area contributed by atoms with Gasteiger partial charge in [-0.25, -0.2) is 0 Å². The van der Waals surface area contributed by atoms with E-state index in [1.54, 1.807) is 13.0 Å². The summed E-state index contributed by atoms with van der Waals surface area (Å²) >= 11 is 12.2. The molecule has 1 unspecified atom stereocenters. The minimum Gasteiger partial charge on any atom is -0.481 e. The molecule has 0 saturated heterocycles. The number of carbonyl (C=O) groups is 1. The number of benzene rings is 1. The lowest BCUT2D eigenvalue weighted by molar-refractivity contribution is -0.140. The van der Waals surface area contributed by atoms with Gasteiger partial charge in [0.25, 0.3) is 0 Å². The Morgan fingerprint density at radius 1 is 1.26 bits per heavy atom. The van der Waals surface area contributed by atoms with Crippen LogP contribution in [-0.4, -0.2) is 24.2 Å². The molecule has 1 aromatic carbocycles. The Morgan fingerprint density at radius 2 is 1.89 bits per heavy atom. The van der Waals surface area contributed by atoms with Gasteiger partial charge in [0.05, 0.1) is 21.7 Å². The van der Waals surface area contributed by atoms with E-state index in [0.717, 1.165) is 12.2 Å². The van der Waals surface area contributed by atoms with E-state index in [1.807, 2.05) is 17.0 Å². The van der Waals surface area contributed by atoms with Crippen LogP contribution >= 0.6 is 23.2 Å². The van der Waals surface area contributed by atoms with Crippen molar-refractivity contribution >= 4 is 34.9 Å². The molecule has 1 N–H and O–H groups in total. The van der Waals surface area contributed by atoms with Gasteiger partial charge in [-0.05, 0) is 18.1 Å². The molecule has 106 valence electrons. The van der Waals surface area contributed by atoms with E-state index >= 15 is 0 Å². The largest absolute Gasteiger partial charge is 0.481 e. The lowest BCUT2D eigenvalue weighted by Gasteiger charge is -2.29. The predicted octanol–water partition coefficient (Wildman–Crippen LogP) is 4.18. The highest BCUT2D eigenvalue weighted by atomic mass is 35.5. The molecule has 0 fully saturated rings. The first kappa shape index (κ1) is 16.1. The van der Waals surface area contributed by atoms with E-state index in [4.69, 9.17) is 28.3 Å². The first-order chi connectivity index (χ1) is 8.82. The van der Waals surface area contributed by atoms with Gasteiger partial charge in [-0.1, -0.05) is 50.0 Å². The summed E-state index contributed by atoms with van der Waals surface area (Å²) < 4.78 is 0. The highest BCUT2D eigenvalue weighted by Crippen LogP contribution is 2.33. The van der Waals surface area contributed by atoms with Gasteiger partial charge < -0.3 is 10.0 Å². The number of aliphatic carboxylic acids is 1. The van der Waals surface area contributed by atoms with Crippen molar-refractivity contribution in [2.45, 2.75) is 20.8 Å². The third-order valence-corrected chi connectivity index (χ3v) is 3.58. The summed E-state index contributed by atoms with van der Waals surface area (Å²) in [5.41, 5.74) is 0.788. The highest BCUT2D eigenvalue weighted by Gasteiger charge is 2.19. The highest BCUT2D eigenvalue weighted by molar-refractivity contribution is 6.43. The van der Waals surface area contributed by atoms with Crippen molar-refractivity contribution in [2.24, 2.45) is 11.8 Å². The molecule has 0 aliphatic rings. The number of hydrogen-bond donors (Lipinski definition) is 1. The molecule has 0 spiro atoms. The van der Waals surface area contributed by atoms with E-state index < -0.39 is 11.9 Å². The van der Waals surface area contributed by atoms with Gasteiger partial charge >= 0.3 is 5.97 Å². The average Bonchev–Trinajstić information content (AvgIpc) is 2.31. The zero-order valence-electron chi connectivity index (χ0n) is 11.4. The lowest BCUT2D eigenvalue weighted by Crippen LogP contribution is -2.34. The minimum atomic E-state index is -0.813. The van der Waals surface area contributed by atoms with Crippen LogP contribution in [0.4, 0.5) is 5.69 Å². The quantitative estimate of drug-likeness (QED) is 0.857. The van der Waals surface area contributed by atoms with Crippen LogP contribution in [0.1, 0.15) is 20.8 Å². The number of rotatable bonds is 6. The fraction of sp³-hybridized carbons (Fsp3) is 0.500. The van der Waals surface area contributed by atoms with Crippen molar-refractivity contribution in [1.82, 2.24) is 0 Å². The van der Waals surface area contributed by atoms with Crippen molar-refractivity contribution in [3.63, 3.8) is 0 Å². The summed E-state index contributed by atoms with van der Waals surface area (Å²) in [6.07, 6.45) is 0. The van der Waals surface area contributed by atoms with E-state index in [9.17, 15) is 4.79 Å². The maximum Gasteiger partial charge on any atom is 0.308 e. The van der Waals surface area contributed by atoms with Crippen molar-refractivity contribution in [1.29, 1.82) is 0 Å². The summed E-state index contributed by atoms with van der Waals surface area (Å²) in [7, 11) is 0. The second kappa shape index (κ2) is 7.01. The number of hydrogen-bond acceptors (Lipinski definition) is 2. The Balaban J connectivity index is 3.02. The monoisotopic (exact) mass is 303 g/mol. The number of nitrogens with zero attached hydrogens (tertiary/aromatic N) is 1. The predicted molar refractivity (Wildman–Crippen MR) is 80.3 cm³/mol. The van der Waals surface area contributed by atoms with Crippen LogP contribution in [0.5, 0.6) is 0 Å². The standard InChI is InChI=1S/C14H19Cl2NO2/c1-9(2)7-17(8-10(3)14(18)19)12-6-4-5-11(15)13(12)16/h4-6,9-10H,7-8H2,1-3H3,(H,18,19). The molecule has 5 heteroatoms. The second-order valence-electron chi connectivity index (χ2n) is 5.11. The SMILES string of the molecule is CC(C)CN(CC(C)C(=O)O)c1cccc(Cl)c1Cl. The van der Waals surface area contributed by atoms with Gasteiger partial charge in [-0.15, -0.1) is 0 Å². The van der Waals surface area contributed by atoms with Crippen molar-refractivity contribution < 1.29 is 9.90 Å². The molecule has 0 amide bonds. The third kappa shape index (κ3) is 4.59. The van der Waals surface area contributed by atoms with Gasteiger partial charge in [0, 0.05) is 13.1 Å². The van der Waals surface area contributed by atoms with E-state index in [-0.39, 0.29) is 0 Å². The summed E-state index contributed by atoms with van der Waals surface area (Å²) in [4.78, 5) is 13.0. The normalized spacial score (nSPS) is 12.5. The molecule has 0 saturated carbocycles. The van der Waals surface area contributed by atoms with Crippen LogP contribution in [-0.2, 0) is 4.79 Å². The third-order valence-electron chi connectivity index (χ3n) is 2.77. The topological polar surface area (TPSA) is 40.5 Å². The number of anilines is 1. The van der Waals surface area contributed by atoms with Gasteiger partial charge in [-0.2, -0.15) is 0 Å². The molecular weight excluding hydrogens is 285 g/mol. The molecule has 1 atom stereocenters. The maximum atomic E-state index is 11.0. The smallest absolute Gasteiger partial charge is 0.308 e. The minimum absolute atomic E-state index is 0.399. The molecule has 0 heterocycles. The molecule has 0 bridgehead atoms. The molecule has 3 nitrogen and oxygen atoms in total. The molecule has 19 heavy (non-hydrogen) atoms. The Bertz CT molecular complexity index is 449. The first-order valence-electron chi connectivity index (χ1n) is 6.24. The van der Waals surface area contributed by atoms with Crippen molar-refractivity contribution in [3.8, 4) is 0 Å². The van der Waals surface area contributed by atoms with Gasteiger partial charge in [0.1, 0.15) is 0 Å². The molecule has 0 aliphatic carbocycles. The molecule has 1 rings (SSSR count). The van der Waals surface area contributed by atoms with Crippen molar-refractivity contribution in [3.05, 3.63) is 28.2 Å². The summed E-state index contributed by atoms with van der Waals surface area (Å²) in [5.74, 6) is -0.878. The molecular formula is C14H19Cl2NO2. The maximum absolute atomic E-state index is 11.0. The fourth-order valence-corrected chi connectivity index (χ4v) is 2.27. The van der Waals surface area contributed by atoms with E-state index in [0.29, 0.717) is 22.5 Å². The van der Waals surface area contributed by atoms with Gasteiger partial charge in [-0.3, -0.25) is 4.79 Å². The fourth-order valence-electron chi connectivity index (χ4n) is 1.86. The van der Waals surface area contributed by atoms with Crippen LogP contribution < -0.4 is 4.90 Å². The molecule has 0 aromatic heterocycles. The van der Waals surface area contributed by atoms with E-state index in [2.05, 4.69) is 13.8 Å². The Kier molecular flexibility index (Phi) is 5.95. The van der Waals surface area contributed by atoms with Crippen molar-refractivity contribution in [2.75, 3.05) is 18.0 Å². The zero-order valence-corrected chi connectivity index (χ0v) is 12.9. The van der Waals surface area contributed by atoms with Crippen LogP contribution in [0.2, 0.25) is 10.0 Å². The van der Waals surface area contributed by atoms with Crippen LogP contribution in [0.25, 0.3) is 0 Å². The molecule has 0 radical (unpaired) electrons. The average molecular weight is 304 g/mol. The number of carboxylic acid groups (broad SMARTS) is 1. The van der Waals surface area contributed by atoms with Gasteiger partial charge in [0.15, 0.2) is 0 Å². The van der Waals surface area contributed by atoms with Gasteiger partial charge in [0.2, 0.25) is 0 Å². The summed E-state index contributed by atoms with van der Waals surface area (Å²) in [6.45, 7) is 6.99. The second-order valence-corrected chi connectivity index (χ2v) is 5.90. The summed E-state index contributed by atoms with van der Waals surface area (Å²) in [5, 5.41) is 10.0. The van der Waals surface area contributed by atoms with Crippen LogP contribution in [0.15, 0.2) is 18.2 Å². The Labute approximate surface area is 124 Å². The number of carboxylic acids is 1. The lowest BCUT2D eigenvalue weighted by atomic mass is 10.1.